The molecule has 0 aliphatic heterocycles. The molecule has 2 aromatic heterocycles. The molecule has 0 saturated carbocycles. The number of nitrogens with zero attached hydrogens (tertiary/aromatic N) is 2. The third kappa shape index (κ3) is 3.17. The highest BCUT2D eigenvalue weighted by Gasteiger charge is 2.26. The van der Waals surface area contributed by atoms with Gasteiger partial charge in [-0.2, -0.15) is 0 Å². The first-order valence-electron chi connectivity index (χ1n) is 6.00. The summed E-state index contributed by atoms with van der Waals surface area (Å²) in [5.41, 5.74) is 1.43. The lowest BCUT2D eigenvalue weighted by atomic mass is 9.91. The van der Waals surface area contributed by atoms with Crippen molar-refractivity contribution in [3.05, 3.63) is 45.7 Å². The molecular formula is C14H16N2O2S. The standard InChI is InChI=1S/C14H16N2O2S/c1-14(2,3)12-11(13(17)18)19-10(16-12)7-9-5-4-6-15-8-9/h4-6,8H,7H2,1-3H3,(H,17,18). The van der Waals surface area contributed by atoms with E-state index < -0.39 is 5.97 Å². The van der Waals surface area contributed by atoms with E-state index in [-0.39, 0.29) is 5.41 Å². The maximum absolute atomic E-state index is 11.3. The van der Waals surface area contributed by atoms with Gasteiger partial charge in [0.05, 0.1) is 10.7 Å². The molecule has 4 nitrogen and oxygen atoms in total. The summed E-state index contributed by atoms with van der Waals surface area (Å²) in [4.78, 5) is 20.2. The third-order valence-electron chi connectivity index (χ3n) is 2.65. The van der Waals surface area contributed by atoms with Gasteiger partial charge in [-0.25, -0.2) is 9.78 Å². The molecule has 0 aliphatic rings. The zero-order valence-electron chi connectivity index (χ0n) is 11.2. The molecule has 100 valence electrons. The normalized spacial score (nSPS) is 11.5. The van der Waals surface area contributed by atoms with Gasteiger partial charge in [0.25, 0.3) is 0 Å². The van der Waals surface area contributed by atoms with E-state index in [2.05, 4.69) is 9.97 Å². The number of aromatic nitrogens is 2. The van der Waals surface area contributed by atoms with Crippen LogP contribution in [0, 0.1) is 0 Å². The molecule has 5 heteroatoms. The highest BCUT2D eigenvalue weighted by molar-refractivity contribution is 7.13. The monoisotopic (exact) mass is 276 g/mol. The minimum absolute atomic E-state index is 0.266. The number of aromatic carboxylic acids is 1. The first kappa shape index (κ1) is 13.7. The molecule has 0 fully saturated rings. The zero-order chi connectivity index (χ0) is 14.0. The fourth-order valence-corrected chi connectivity index (χ4v) is 2.92. The molecule has 0 radical (unpaired) electrons. The second-order valence-electron chi connectivity index (χ2n) is 5.38. The van der Waals surface area contributed by atoms with Crippen molar-refractivity contribution in [2.24, 2.45) is 0 Å². The first-order valence-corrected chi connectivity index (χ1v) is 6.82. The predicted molar refractivity (Wildman–Crippen MR) is 74.8 cm³/mol. The Morgan fingerprint density at radius 1 is 1.42 bits per heavy atom. The SMILES string of the molecule is CC(C)(C)c1nc(Cc2cccnc2)sc1C(=O)O. The Morgan fingerprint density at radius 3 is 2.63 bits per heavy atom. The van der Waals surface area contributed by atoms with Gasteiger partial charge in [-0.1, -0.05) is 26.8 Å². The van der Waals surface area contributed by atoms with Crippen LogP contribution in [0.25, 0.3) is 0 Å². The molecular weight excluding hydrogens is 260 g/mol. The van der Waals surface area contributed by atoms with Crippen molar-refractivity contribution in [2.45, 2.75) is 32.6 Å². The van der Waals surface area contributed by atoms with E-state index >= 15 is 0 Å². The summed E-state index contributed by atoms with van der Waals surface area (Å²) in [5, 5.41) is 10.1. The maximum Gasteiger partial charge on any atom is 0.347 e. The molecule has 0 amide bonds. The first-order chi connectivity index (χ1) is 8.88. The van der Waals surface area contributed by atoms with Crippen molar-refractivity contribution in [2.75, 3.05) is 0 Å². The number of hydrogen-bond acceptors (Lipinski definition) is 4. The molecule has 2 rings (SSSR count). The Hall–Kier alpha value is -1.75. The summed E-state index contributed by atoms with van der Waals surface area (Å²) in [6.07, 6.45) is 4.11. The Morgan fingerprint density at radius 2 is 2.16 bits per heavy atom. The smallest absolute Gasteiger partial charge is 0.347 e. The van der Waals surface area contributed by atoms with Gasteiger partial charge in [-0.15, -0.1) is 11.3 Å². The molecule has 0 spiro atoms. The van der Waals surface area contributed by atoms with Crippen molar-refractivity contribution < 1.29 is 9.90 Å². The van der Waals surface area contributed by atoms with Crippen molar-refractivity contribution in [1.82, 2.24) is 9.97 Å². The molecule has 1 N–H and O–H groups in total. The fraction of sp³-hybridized carbons (Fsp3) is 0.357. The Kier molecular flexibility index (Phi) is 3.66. The highest BCUT2D eigenvalue weighted by Crippen LogP contribution is 2.30. The van der Waals surface area contributed by atoms with Crippen LogP contribution in [-0.4, -0.2) is 21.0 Å². The van der Waals surface area contributed by atoms with Gasteiger partial charge in [0.15, 0.2) is 0 Å². The molecule has 0 aliphatic carbocycles. The number of carboxylic acid groups (broad SMARTS) is 1. The van der Waals surface area contributed by atoms with E-state index in [1.807, 2.05) is 32.9 Å². The number of pyridine rings is 1. The quantitative estimate of drug-likeness (QED) is 0.935. The van der Waals surface area contributed by atoms with Crippen LogP contribution in [0.1, 0.15) is 46.7 Å². The lowest BCUT2D eigenvalue weighted by molar-refractivity contribution is 0.0699. The second kappa shape index (κ2) is 5.09. The van der Waals surface area contributed by atoms with Gasteiger partial charge >= 0.3 is 5.97 Å². The van der Waals surface area contributed by atoms with Crippen molar-refractivity contribution in [1.29, 1.82) is 0 Å². The van der Waals surface area contributed by atoms with Gasteiger partial charge in [-0.05, 0) is 11.6 Å². The summed E-state index contributed by atoms with van der Waals surface area (Å²) >= 11 is 1.25. The van der Waals surface area contributed by atoms with Crippen molar-refractivity contribution in [3.63, 3.8) is 0 Å². The summed E-state index contributed by atoms with van der Waals surface area (Å²) in [6.45, 7) is 5.92. The molecule has 0 bridgehead atoms. The zero-order valence-corrected chi connectivity index (χ0v) is 12.0. The van der Waals surface area contributed by atoms with Gasteiger partial charge in [0.2, 0.25) is 0 Å². The number of carboxylic acids is 1. The average molecular weight is 276 g/mol. The van der Waals surface area contributed by atoms with Gasteiger partial charge in [0.1, 0.15) is 4.88 Å². The van der Waals surface area contributed by atoms with E-state index in [0.29, 0.717) is 17.0 Å². The molecule has 2 heterocycles. The number of hydrogen-bond donors (Lipinski definition) is 1. The fourth-order valence-electron chi connectivity index (χ4n) is 1.77. The van der Waals surface area contributed by atoms with Crippen molar-refractivity contribution in [3.8, 4) is 0 Å². The minimum atomic E-state index is -0.903. The molecule has 0 unspecified atom stereocenters. The van der Waals surface area contributed by atoms with Crippen LogP contribution in [-0.2, 0) is 11.8 Å². The van der Waals surface area contributed by atoms with Gasteiger partial charge < -0.3 is 5.11 Å². The van der Waals surface area contributed by atoms with E-state index in [1.165, 1.54) is 11.3 Å². The van der Waals surface area contributed by atoms with E-state index in [9.17, 15) is 9.90 Å². The van der Waals surface area contributed by atoms with Crippen LogP contribution in [0.4, 0.5) is 0 Å². The Labute approximate surface area is 116 Å². The third-order valence-corrected chi connectivity index (χ3v) is 3.70. The number of rotatable bonds is 3. The summed E-state index contributed by atoms with van der Waals surface area (Å²) < 4.78 is 0. The Bertz CT molecular complexity index is 585. The van der Waals surface area contributed by atoms with Crippen LogP contribution in [0.15, 0.2) is 24.5 Å². The van der Waals surface area contributed by atoms with E-state index in [4.69, 9.17) is 0 Å². The van der Waals surface area contributed by atoms with Gasteiger partial charge in [0, 0.05) is 24.2 Å². The number of thiazole rings is 1. The topological polar surface area (TPSA) is 63.1 Å². The average Bonchev–Trinajstić information content (AvgIpc) is 2.74. The predicted octanol–water partition coefficient (Wildman–Crippen LogP) is 3.12. The largest absolute Gasteiger partial charge is 0.477 e. The Balaban J connectivity index is 2.36. The summed E-state index contributed by atoms with van der Waals surface area (Å²) in [5.74, 6) is -0.903. The second-order valence-corrected chi connectivity index (χ2v) is 6.46. The van der Waals surface area contributed by atoms with E-state index in [0.717, 1.165) is 10.6 Å². The summed E-state index contributed by atoms with van der Waals surface area (Å²) in [6, 6.07) is 3.83. The van der Waals surface area contributed by atoms with Crippen LogP contribution in [0.2, 0.25) is 0 Å². The molecule has 0 saturated heterocycles. The highest BCUT2D eigenvalue weighted by atomic mass is 32.1. The van der Waals surface area contributed by atoms with Crippen LogP contribution in [0.5, 0.6) is 0 Å². The molecule has 0 aromatic carbocycles. The lowest BCUT2D eigenvalue weighted by Crippen LogP contribution is -2.16. The van der Waals surface area contributed by atoms with E-state index in [1.54, 1.807) is 12.4 Å². The van der Waals surface area contributed by atoms with Crippen LogP contribution >= 0.6 is 11.3 Å². The number of carbonyl (C=O) groups is 1. The van der Waals surface area contributed by atoms with Crippen LogP contribution in [0.3, 0.4) is 0 Å². The van der Waals surface area contributed by atoms with Crippen molar-refractivity contribution >= 4 is 17.3 Å². The van der Waals surface area contributed by atoms with Gasteiger partial charge in [-0.3, -0.25) is 4.98 Å². The molecule has 0 atom stereocenters. The molecule has 2 aromatic rings. The lowest BCUT2D eigenvalue weighted by Gasteiger charge is -2.16. The summed E-state index contributed by atoms with van der Waals surface area (Å²) in [7, 11) is 0. The minimum Gasteiger partial charge on any atom is -0.477 e. The van der Waals surface area contributed by atoms with Crippen LogP contribution < -0.4 is 0 Å². The maximum atomic E-state index is 11.3. The molecule has 19 heavy (non-hydrogen) atoms.